The molecule has 2 aromatic rings. The second kappa shape index (κ2) is 6.61. The minimum Gasteiger partial charge on any atom is -0.473 e. The summed E-state index contributed by atoms with van der Waals surface area (Å²) in [6.45, 7) is 3.18. The van der Waals surface area contributed by atoms with Crippen LogP contribution in [0.2, 0.25) is 0 Å². The molecule has 2 aliphatic heterocycles. The lowest BCUT2D eigenvalue weighted by Crippen LogP contribution is -2.67. The van der Waals surface area contributed by atoms with Gasteiger partial charge in [-0.2, -0.15) is 4.31 Å². The minimum atomic E-state index is -3.48. The standard InChI is InChI=1S/C18H21N3O4S/c1-14-2-4-16(5-3-14)26(22,23)21-12-18(13-21)10-15(6-9-24-18)25-17-11-19-7-8-20-17/h2-5,7-8,11,15H,6,9-10,12-13H2,1H3. The molecule has 8 heteroatoms. The Hall–Kier alpha value is -2.03. The van der Waals surface area contributed by atoms with Crippen LogP contribution in [0.1, 0.15) is 18.4 Å². The summed E-state index contributed by atoms with van der Waals surface area (Å²) in [5, 5.41) is 0. The summed E-state index contributed by atoms with van der Waals surface area (Å²) in [7, 11) is -3.48. The third kappa shape index (κ3) is 3.32. The molecule has 0 saturated carbocycles. The van der Waals surface area contributed by atoms with Gasteiger partial charge >= 0.3 is 0 Å². The quantitative estimate of drug-likeness (QED) is 0.810. The van der Waals surface area contributed by atoms with Crippen molar-refractivity contribution in [2.24, 2.45) is 0 Å². The summed E-state index contributed by atoms with van der Waals surface area (Å²) in [5.41, 5.74) is 0.562. The molecular weight excluding hydrogens is 354 g/mol. The average Bonchev–Trinajstić information content (AvgIpc) is 2.61. The average molecular weight is 375 g/mol. The van der Waals surface area contributed by atoms with Crippen LogP contribution >= 0.6 is 0 Å². The highest BCUT2D eigenvalue weighted by atomic mass is 32.2. The Kier molecular flexibility index (Phi) is 4.42. The molecule has 138 valence electrons. The summed E-state index contributed by atoms with van der Waals surface area (Å²) < 4.78 is 38.8. The minimum absolute atomic E-state index is 0.0512. The molecule has 2 aliphatic rings. The van der Waals surface area contributed by atoms with E-state index >= 15 is 0 Å². The highest BCUT2D eigenvalue weighted by Gasteiger charge is 2.52. The van der Waals surface area contributed by atoms with Gasteiger partial charge < -0.3 is 9.47 Å². The van der Waals surface area contributed by atoms with Crippen LogP contribution in [0.25, 0.3) is 0 Å². The fourth-order valence-electron chi connectivity index (χ4n) is 3.45. The van der Waals surface area contributed by atoms with Crippen LogP contribution in [-0.2, 0) is 14.8 Å². The molecule has 3 heterocycles. The SMILES string of the molecule is Cc1ccc(S(=O)(=O)N2CC3(CC(Oc4cnccn4)CCO3)C2)cc1. The van der Waals surface area contributed by atoms with Gasteiger partial charge in [0.05, 0.1) is 23.3 Å². The summed E-state index contributed by atoms with van der Waals surface area (Å²) in [5.74, 6) is 0.484. The fourth-order valence-corrected chi connectivity index (χ4v) is 5.04. The normalized spacial score (nSPS) is 22.7. The van der Waals surface area contributed by atoms with E-state index in [-0.39, 0.29) is 6.10 Å². The van der Waals surface area contributed by atoms with Gasteiger partial charge in [-0.3, -0.25) is 4.98 Å². The van der Waals surface area contributed by atoms with E-state index in [9.17, 15) is 8.42 Å². The number of aryl methyl sites for hydroxylation is 1. The maximum atomic E-state index is 12.7. The van der Waals surface area contributed by atoms with Gasteiger partial charge in [0.15, 0.2) is 0 Å². The lowest BCUT2D eigenvalue weighted by molar-refractivity contribution is -0.165. The Morgan fingerprint density at radius 1 is 1.23 bits per heavy atom. The highest BCUT2D eigenvalue weighted by molar-refractivity contribution is 7.89. The van der Waals surface area contributed by atoms with E-state index in [0.29, 0.717) is 36.9 Å². The molecule has 0 radical (unpaired) electrons. The first-order valence-electron chi connectivity index (χ1n) is 8.60. The van der Waals surface area contributed by atoms with Crippen molar-refractivity contribution in [1.29, 1.82) is 0 Å². The first-order chi connectivity index (χ1) is 12.5. The number of ether oxygens (including phenoxy) is 2. The molecule has 0 bridgehead atoms. The summed E-state index contributed by atoms with van der Waals surface area (Å²) >= 11 is 0. The second-order valence-corrected chi connectivity index (χ2v) is 8.83. The van der Waals surface area contributed by atoms with E-state index in [1.807, 2.05) is 19.1 Å². The van der Waals surface area contributed by atoms with E-state index in [4.69, 9.17) is 9.47 Å². The van der Waals surface area contributed by atoms with Crippen molar-refractivity contribution in [2.45, 2.75) is 36.4 Å². The maximum Gasteiger partial charge on any atom is 0.243 e. The van der Waals surface area contributed by atoms with Crippen LogP contribution in [-0.4, -0.2) is 54.1 Å². The Balaban J connectivity index is 1.41. The van der Waals surface area contributed by atoms with Gasteiger partial charge in [0, 0.05) is 38.3 Å². The van der Waals surface area contributed by atoms with Crippen molar-refractivity contribution in [2.75, 3.05) is 19.7 Å². The third-order valence-corrected chi connectivity index (χ3v) is 6.67. The van der Waals surface area contributed by atoms with Crippen LogP contribution in [0.3, 0.4) is 0 Å². The number of sulfonamides is 1. The number of benzene rings is 1. The van der Waals surface area contributed by atoms with Crippen molar-refractivity contribution in [1.82, 2.24) is 14.3 Å². The zero-order valence-corrected chi connectivity index (χ0v) is 15.4. The predicted octanol–water partition coefficient (Wildman–Crippen LogP) is 1.79. The van der Waals surface area contributed by atoms with E-state index in [0.717, 1.165) is 12.0 Å². The molecule has 7 nitrogen and oxygen atoms in total. The molecule has 2 fully saturated rings. The molecular formula is C18H21N3O4S. The van der Waals surface area contributed by atoms with Crippen LogP contribution < -0.4 is 4.74 Å². The third-order valence-electron chi connectivity index (χ3n) is 4.86. The number of rotatable bonds is 4. The van der Waals surface area contributed by atoms with Crippen LogP contribution in [0.4, 0.5) is 0 Å². The smallest absolute Gasteiger partial charge is 0.243 e. The second-order valence-electron chi connectivity index (χ2n) is 6.89. The van der Waals surface area contributed by atoms with Crippen molar-refractivity contribution >= 4 is 10.0 Å². The molecule has 0 aliphatic carbocycles. The number of hydrogen-bond donors (Lipinski definition) is 0. The Morgan fingerprint density at radius 3 is 2.69 bits per heavy atom. The predicted molar refractivity (Wildman–Crippen MR) is 94.3 cm³/mol. The molecule has 1 unspecified atom stereocenters. The van der Waals surface area contributed by atoms with Crippen LogP contribution in [0, 0.1) is 6.92 Å². The summed E-state index contributed by atoms with van der Waals surface area (Å²) in [6.07, 6.45) is 6.11. The van der Waals surface area contributed by atoms with Gasteiger partial charge in [-0.25, -0.2) is 13.4 Å². The lowest BCUT2D eigenvalue weighted by atomic mass is 9.86. The number of aromatic nitrogens is 2. The van der Waals surface area contributed by atoms with Gasteiger partial charge in [-0.1, -0.05) is 17.7 Å². The van der Waals surface area contributed by atoms with E-state index in [2.05, 4.69) is 9.97 Å². The lowest BCUT2D eigenvalue weighted by Gasteiger charge is -2.51. The zero-order valence-electron chi connectivity index (χ0n) is 14.5. The molecule has 4 rings (SSSR count). The topological polar surface area (TPSA) is 81.6 Å². The van der Waals surface area contributed by atoms with Gasteiger partial charge in [0.2, 0.25) is 15.9 Å². The van der Waals surface area contributed by atoms with Crippen molar-refractivity contribution < 1.29 is 17.9 Å². The maximum absolute atomic E-state index is 12.7. The Labute approximate surface area is 153 Å². The highest BCUT2D eigenvalue weighted by Crippen LogP contribution is 2.38. The molecule has 1 spiro atoms. The molecule has 2 saturated heterocycles. The molecule has 1 aromatic carbocycles. The van der Waals surface area contributed by atoms with Crippen molar-refractivity contribution in [3.63, 3.8) is 0 Å². The monoisotopic (exact) mass is 375 g/mol. The van der Waals surface area contributed by atoms with E-state index in [1.54, 1.807) is 30.7 Å². The van der Waals surface area contributed by atoms with Gasteiger partial charge in [0.1, 0.15) is 6.10 Å². The van der Waals surface area contributed by atoms with E-state index in [1.165, 1.54) is 4.31 Å². The molecule has 0 amide bonds. The number of nitrogens with zero attached hydrogens (tertiary/aromatic N) is 3. The van der Waals surface area contributed by atoms with Gasteiger partial charge in [-0.05, 0) is 19.1 Å². The summed E-state index contributed by atoms with van der Waals surface area (Å²) in [6, 6.07) is 6.92. The van der Waals surface area contributed by atoms with Crippen molar-refractivity contribution in [3.05, 3.63) is 48.4 Å². The molecule has 0 N–H and O–H groups in total. The fraction of sp³-hybridized carbons (Fsp3) is 0.444. The first kappa shape index (κ1) is 17.4. The largest absolute Gasteiger partial charge is 0.473 e. The molecule has 26 heavy (non-hydrogen) atoms. The number of hydrogen-bond acceptors (Lipinski definition) is 6. The van der Waals surface area contributed by atoms with Gasteiger partial charge in [-0.15, -0.1) is 0 Å². The molecule has 1 atom stereocenters. The van der Waals surface area contributed by atoms with E-state index < -0.39 is 15.6 Å². The van der Waals surface area contributed by atoms with Crippen molar-refractivity contribution in [3.8, 4) is 5.88 Å². The van der Waals surface area contributed by atoms with Crippen LogP contribution in [0.15, 0.2) is 47.8 Å². The Bertz CT molecular complexity index is 865. The van der Waals surface area contributed by atoms with Gasteiger partial charge in [0.25, 0.3) is 0 Å². The van der Waals surface area contributed by atoms with Crippen LogP contribution in [0.5, 0.6) is 5.88 Å². The molecule has 1 aromatic heterocycles. The summed E-state index contributed by atoms with van der Waals surface area (Å²) in [4.78, 5) is 8.45. The Morgan fingerprint density at radius 2 is 2.00 bits per heavy atom. The zero-order chi connectivity index (χ0) is 18.2. The first-order valence-corrected chi connectivity index (χ1v) is 10.0.